The van der Waals surface area contributed by atoms with Gasteiger partial charge in [0.1, 0.15) is 4.90 Å². The lowest BCUT2D eigenvalue weighted by molar-refractivity contribution is -0.122. The van der Waals surface area contributed by atoms with Crippen LogP contribution in [0.3, 0.4) is 0 Å². The zero-order valence-electron chi connectivity index (χ0n) is 10.4. The molecule has 0 saturated carbocycles. The largest absolute Gasteiger partial charge is 0.355 e. The van der Waals surface area contributed by atoms with Crippen LogP contribution in [-0.2, 0) is 14.8 Å². The smallest absolute Gasteiger partial charge is 0.242 e. The number of halogens is 1. The fraction of sp³-hybridized carbons (Fsp3) is 0.333. The molecule has 0 bridgehead atoms. The third-order valence-electron chi connectivity index (χ3n) is 2.94. The van der Waals surface area contributed by atoms with Gasteiger partial charge in [-0.1, -0.05) is 11.6 Å². The first-order valence-electron chi connectivity index (χ1n) is 5.91. The van der Waals surface area contributed by atoms with Gasteiger partial charge in [0.25, 0.3) is 0 Å². The lowest BCUT2D eigenvalue weighted by atomic mass is 10.1. The normalized spacial score (nSPS) is 19.2. The maximum Gasteiger partial charge on any atom is 0.242 e. The van der Waals surface area contributed by atoms with E-state index in [0.29, 0.717) is 12.0 Å². The number of sulfonamides is 1. The van der Waals surface area contributed by atoms with E-state index in [2.05, 4.69) is 10.0 Å². The van der Waals surface area contributed by atoms with Crippen LogP contribution in [-0.4, -0.2) is 26.9 Å². The minimum absolute atomic E-state index is 0.00334. The fourth-order valence-electron chi connectivity index (χ4n) is 1.90. The number of piperidine rings is 1. The zero-order valence-corrected chi connectivity index (χ0v) is 12.0. The summed E-state index contributed by atoms with van der Waals surface area (Å²) in [5.41, 5.74) is 0.291. The number of hydrogen-bond acceptors (Lipinski definition) is 4. The van der Waals surface area contributed by atoms with Crippen molar-refractivity contribution in [1.29, 1.82) is 5.26 Å². The van der Waals surface area contributed by atoms with Crippen LogP contribution >= 0.6 is 11.6 Å². The van der Waals surface area contributed by atoms with Crippen molar-refractivity contribution < 1.29 is 13.2 Å². The molecule has 2 rings (SSSR count). The molecule has 1 aliphatic heterocycles. The van der Waals surface area contributed by atoms with Gasteiger partial charge in [-0.3, -0.25) is 4.79 Å². The summed E-state index contributed by atoms with van der Waals surface area (Å²) in [6.45, 7) is 0.256. The molecule has 1 heterocycles. The molecule has 1 saturated heterocycles. The van der Waals surface area contributed by atoms with Crippen molar-refractivity contribution in [2.75, 3.05) is 6.54 Å². The monoisotopic (exact) mass is 313 g/mol. The first kappa shape index (κ1) is 14.8. The Kier molecular flexibility index (Phi) is 4.28. The molecule has 0 spiro atoms. The summed E-state index contributed by atoms with van der Waals surface area (Å²) in [6.07, 6.45) is 0.729. The number of amides is 1. The number of benzene rings is 1. The summed E-state index contributed by atoms with van der Waals surface area (Å²) in [6, 6.07) is 5.52. The minimum atomic E-state index is -3.78. The third-order valence-corrected chi connectivity index (χ3v) is 4.94. The molecule has 0 aliphatic carbocycles. The van der Waals surface area contributed by atoms with Crippen LogP contribution in [0.4, 0.5) is 0 Å². The van der Waals surface area contributed by atoms with Crippen molar-refractivity contribution in [2.24, 2.45) is 0 Å². The number of nitrogens with zero attached hydrogens (tertiary/aromatic N) is 1. The molecular formula is C12H12ClN3O3S. The average Bonchev–Trinajstić information content (AvgIpc) is 2.40. The van der Waals surface area contributed by atoms with Gasteiger partial charge in [0.15, 0.2) is 0 Å². The van der Waals surface area contributed by atoms with Gasteiger partial charge < -0.3 is 5.32 Å². The molecule has 0 aromatic heterocycles. The SMILES string of the molecule is N#Cc1ccc(S(=O)(=O)NC2CCC(=O)NC2)c(Cl)c1. The van der Waals surface area contributed by atoms with Gasteiger partial charge in [-0.05, 0) is 24.6 Å². The summed E-state index contributed by atoms with van der Waals surface area (Å²) in [5.74, 6) is -0.0862. The second-order valence-corrected chi connectivity index (χ2v) is 6.51. The highest BCUT2D eigenvalue weighted by Gasteiger charge is 2.25. The van der Waals surface area contributed by atoms with Crippen molar-refractivity contribution in [3.05, 3.63) is 28.8 Å². The van der Waals surface area contributed by atoms with E-state index in [1.165, 1.54) is 18.2 Å². The Hall–Kier alpha value is -1.62. The van der Waals surface area contributed by atoms with Crippen LogP contribution in [0.25, 0.3) is 0 Å². The van der Waals surface area contributed by atoms with Crippen LogP contribution in [0, 0.1) is 11.3 Å². The Labute approximate surface area is 121 Å². The van der Waals surface area contributed by atoms with Crippen molar-refractivity contribution in [2.45, 2.75) is 23.8 Å². The highest BCUT2D eigenvalue weighted by molar-refractivity contribution is 7.89. The molecule has 1 amide bonds. The summed E-state index contributed by atoms with van der Waals surface area (Å²) in [7, 11) is -3.78. The van der Waals surface area contributed by atoms with E-state index < -0.39 is 10.0 Å². The molecule has 20 heavy (non-hydrogen) atoms. The summed E-state index contributed by atoms with van der Waals surface area (Å²) in [5, 5.41) is 11.3. The lowest BCUT2D eigenvalue weighted by Gasteiger charge is -2.23. The topological polar surface area (TPSA) is 99.1 Å². The van der Waals surface area contributed by atoms with Crippen LogP contribution in [0.5, 0.6) is 0 Å². The lowest BCUT2D eigenvalue weighted by Crippen LogP contribution is -2.47. The predicted octanol–water partition coefficient (Wildman–Crippen LogP) is 0.769. The van der Waals surface area contributed by atoms with E-state index in [9.17, 15) is 13.2 Å². The molecule has 106 valence electrons. The number of carbonyl (C=O) groups is 1. The first-order chi connectivity index (χ1) is 9.42. The van der Waals surface area contributed by atoms with Crippen molar-refractivity contribution >= 4 is 27.5 Å². The van der Waals surface area contributed by atoms with Gasteiger partial charge in [-0.2, -0.15) is 5.26 Å². The number of hydrogen-bond donors (Lipinski definition) is 2. The number of rotatable bonds is 3. The molecule has 1 aliphatic rings. The Morgan fingerprint density at radius 2 is 2.20 bits per heavy atom. The molecule has 1 fully saturated rings. The standard InChI is InChI=1S/C12H12ClN3O3S/c13-10-5-8(6-14)1-3-11(10)20(18,19)16-9-2-4-12(17)15-7-9/h1,3,5,9,16H,2,4,7H2,(H,15,17). The second-order valence-electron chi connectivity index (χ2n) is 4.42. The van der Waals surface area contributed by atoms with Crippen molar-refractivity contribution in [3.8, 4) is 6.07 Å². The second kappa shape index (κ2) is 5.79. The van der Waals surface area contributed by atoms with Crippen molar-refractivity contribution in [1.82, 2.24) is 10.0 Å². The number of nitrogens with one attached hydrogen (secondary N) is 2. The van der Waals surface area contributed by atoms with E-state index in [-0.39, 0.29) is 34.8 Å². The van der Waals surface area contributed by atoms with Gasteiger partial charge in [0.2, 0.25) is 15.9 Å². The number of carbonyl (C=O) groups excluding carboxylic acids is 1. The number of nitriles is 1. The molecule has 1 atom stereocenters. The van der Waals surface area contributed by atoms with E-state index in [4.69, 9.17) is 16.9 Å². The Bertz CT molecular complexity index is 672. The van der Waals surface area contributed by atoms with Gasteiger partial charge in [-0.15, -0.1) is 0 Å². The Balaban J connectivity index is 2.18. The first-order valence-corrected chi connectivity index (χ1v) is 7.77. The van der Waals surface area contributed by atoms with Crippen molar-refractivity contribution in [3.63, 3.8) is 0 Å². The molecule has 1 unspecified atom stereocenters. The van der Waals surface area contributed by atoms with Crippen LogP contribution in [0.1, 0.15) is 18.4 Å². The molecule has 2 N–H and O–H groups in total. The fourth-order valence-corrected chi connectivity index (χ4v) is 3.72. The van der Waals surface area contributed by atoms with Crippen LogP contribution in [0.15, 0.2) is 23.1 Å². The molecule has 1 aromatic rings. The molecule has 8 heteroatoms. The average molecular weight is 314 g/mol. The summed E-state index contributed by atoms with van der Waals surface area (Å²) >= 11 is 5.89. The maximum atomic E-state index is 12.2. The summed E-state index contributed by atoms with van der Waals surface area (Å²) in [4.78, 5) is 11.0. The Morgan fingerprint density at radius 3 is 2.75 bits per heavy atom. The quantitative estimate of drug-likeness (QED) is 0.861. The van der Waals surface area contributed by atoms with Gasteiger partial charge in [0, 0.05) is 19.0 Å². The maximum absolute atomic E-state index is 12.2. The molecule has 1 aromatic carbocycles. The Morgan fingerprint density at radius 1 is 1.45 bits per heavy atom. The van der Waals surface area contributed by atoms with Crippen LogP contribution in [0.2, 0.25) is 5.02 Å². The van der Waals surface area contributed by atoms with Gasteiger partial charge in [-0.25, -0.2) is 13.1 Å². The van der Waals surface area contributed by atoms with E-state index >= 15 is 0 Å². The van der Waals surface area contributed by atoms with Gasteiger partial charge >= 0.3 is 0 Å². The van der Waals surface area contributed by atoms with Crippen LogP contribution < -0.4 is 10.0 Å². The van der Waals surface area contributed by atoms with E-state index in [0.717, 1.165) is 0 Å². The minimum Gasteiger partial charge on any atom is -0.355 e. The predicted molar refractivity (Wildman–Crippen MR) is 72.5 cm³/mol. The summed E-state index contributed by atoms with van der Waals surface area (Å²) < 4.78 is 26.9. The molecule has 0 radical (unpaired) electrons. The van der Waals surface area contributed by atoms with Gasteiger partial charge in [0.05, 0.1) is 16.7 Å². The van der Waals surface area contributed by atoms with E-state index in [1.54, 1.807) is 0 Å². The third kappa shape index (κ3) is 3.28. The van der Waals surface area contributed by atoms with E-state index in [1.807, 2.05) is 6.07 Å². The highest BCUT2D eigenvalue weighted by atomic mass is 35.5. The highest BCUT2D eigenvalue weighted by Crippen LogP contribution is 2.23. The zero-order chi connectivity index (χ0) is 14.8. The molecular weight excluding hydrogens is 302 g/mol. The molecule has 6 nitrogen and oxygen atoms in total.